The van der Waals surface area contributed by atoms with Gasteiger partial charge >= 0.3 is 0 Å². The Balaban J connectivity index is 2.49. The molecule has 1 unspecified atom stereocenters. The van der Waals surface area contributed by atoms with Crippen LogP contribution in [0.2, 0.25) is 0 Å². The van der Waals surface area contributed by atoms with Crippen LogP contribution in [0.25, 0.3) is 0 Å². The molecule has 4 nitrogen and oxygen atoms in total. The Morgan fingerprint density at radius 1 is 1.71 bits per heavy atom. The molecule has 0 saturated carbocycles. The molecule has 4 heteroatoms. The number of rotatable bonds is 4. The second kappa shape index (κ2) is 4.81. The molecule has 0 aliphatic rings. The smallest absolute Gasteiger partial charge is 0.237 e. The third-order valence-electron chi connectivity index (χ3n) is 2.11. The lowest BCUT2D eigenvalue weighted by molar-refractivity contribution is -0.123. The van der Waals surface area contributed by atoms with Crippen LogP contribution in [0.3, 0.4) is 0 Å². The Kier molecular flexibility index (Phi) is 3.71. The van der Waals surface area contributed by atoms with Crippen molar-refractivity contribution in [3.05, 3.63) is 24.2 Å². The quantitative estimate of drug-likeness (QED) is 0.760. The highest BCUT2D eigenvalue weighted by Crippen LogP contribution is 2.12. The minimum Gasteiger partial charge on any atom is -0.467 e. The molecule has 3 N–H and O–H groups in total. The highest BCUT2D eigenvalue weighted by atomic mass is 16.3. The number of hydrogen-bond donors (Lipinski definition) is 2. The first-order chi connectivity index (χ1) is 6.65. The number of carbonyl (C=O) groups is 1. The molecular weight excluding hydrogens is 180 g/mol. The summed E-state index contributed by atoms with van der Waals surface area (Å²) < 4.78 is 5.15. The highest BCUT2D eigenvalue weighted by Gasteiger charge is 2.15. The van der Waals surface area contributed by atoms with E-state index in [1.54, 1.807) is 12.3 Å². The summed E-state index contributed by atoms with van der Waals surface area (Å²) >= 11 is 0. The molecule has 1 amide bonds. The van der Waals surface area contributed by atoms with Gasteiger partial charge in [-0.15, -0.1) is 0 Å². The maximum atomic E-state index is 11.4. The predicted molar refractivity (Wildman–Crippen MR) is 53.5 cm³/mol. The zero-order valence-corrected chi connectivity index (χ0v) is 8.49. The molecule has 14 heavy (non-hydrogen) atoms. The van der Waals surface area contributed by atoms with Crippen LogP contribution >= 0.6 is 0 Å². The number of furan rings is 1. The van der Waals surface area contributed by atoms with Gasteiger partial charge < -0.3 is 15.5 Å². The maximum Gasteiger partial charge on any atom is 0.237 e. The van der Waals surface area contributed by atoms with E-state index in [2.05, 4.69) is 5.32 Å². The molecule has 0 bridgehead atoms. The van der Waals surface area contributed by atoms with Crippen LogP contribution in [0.1, 0.15) is 32.1 Å². The lowest BCUT2D eigenvalue weighted by atomic mass is 10.2. The average Bonchev–Trinajstić information content (AvgIpc) is 2.69. The van der Waals surface area contributed by atoms with Gasteiger partial charge in [-0.25, -0.2) is 0 Å². The van der Waals surface area contributed by atoms with E-state index < -0.39 is 6.04 Å². The van der Waals surface area contributed by atoms with Crippen molar-refractivity contribution in [2.75, 3.05) is 0 Å². The van der Waals surface area contributed by atoms with E-state index in [1.165, 1.54) is 0 Å². The van der Waals surface area contributed by atoms with Crippen LogP contribution in [-0.4, -0.2) is 11.9 Å². The van der Waals surface area contributed by atoms with Crippen molar-refractivity contribution < 1.29 is 9.21 Å². The van der Waals surface area contributed by atoms with Crippen molar-refractivity contribution in [1.82, 2.24) is 5.32 Å². The topological polar surface area (TPSA) is 68.3 Å². The lowest BCUT2D eigenvalue weighted by Gasteiger charge is -2.14. The van der Waals surface area contributed by atoms with Crippen LogP contribution in [0.5, 0.6) is 0 Å². The van der Waals surface area contributed by atoms with Crippen LogP contribution in [0, 0.1) is 0 Å². The summed E-state index contributed by atoms with van der Waals surface area (Å²) in [5, 5.41) is 2.78. The van der Waals surface area contributed by atoms with E-state index in [4.69, 9.17) is 10.2 Å². The summed E-state index contributed by atoms with van der Waals surface area (Å²) in [7, 11) is 0. The van der Waals surface area contributed by atoms with Crippen molar-refractivity contribution in [1.29, 1.82) is 0 Å². The molecule has 0 spiro atoms. The van der Waals surface area contributed by atoms with Crippen LogP contribution in [0.15, 0.2) is 22.8 Å². The molecule has 1 heterocycles. The second-order valence-electron chi connectivity index (χ2n) is 3.26. The van der Waals surface area contributed by atoms with Gasteiger partial charge in [0.1, 0.15) is 5.76 Å². The molecule has 0 fully saturated rings. The van der Waals surface area contributed by atoms with Gasteiger partial charge in [0.2, 0.25) is 5.91 Å². The highest BCUT2D eigenvalue weighted by molar-refractivity contribution is 5.81. The molecule has 1 aromatic heterocycles. The van der Waals surface area contributed by atoms with Crippen molar-refractivity contribution in [3.63, 3.8) is 0 Å². The van der Waals surface area contributed by atoms with Gasteiger partial charge in [0.05, 0.1) is 18.3 Å². The molecule has 1 aromatic rings. The first kappa shape index (κ1) is 10.8. The molecule has 2 atom stereocenters. The van der Waals surface area contributed by atoms with Gasteiger partial charge in [0, 0.05) is 0 Å². The van der Waals surface area contributed by atoms with Gasteiger partial charge in [0.25, 0.3) is 0 Å². The van der Waals surface area contributed by atoms with E-state index in [0.717, 1.165) is 5.76 Å². The van der Waals surface area contributed by atoms with Crippen LogP contribution in [-0.2, 0) is 4.79 Å². The van der Waals surface area contributed by atoms with Crippen molar-refractivity contribution in [2.45, 2.75) is 32.4 Å². The van der Waals surface area contributed by atoms with Crippen molar-refractivity contribution in [2.24, 2.45) is 5.73 Å². The largest absolute Gasteiger partial charge is 0.467 e. The Morgan fingerprint density at radius 2 is 2.43 bits per heavy atom. The summed E-state index contributed by atoms with van der Waals surface area (Å²) in [4.78, 5) is 11.4. The van der Waals surface area contributed by atoms with Gasteiger partial charge in [-0.05, 0) is 25.5 Å². The van der Waals surface area contributed by atoms with Crippen LogP contribution < -0.4 is 11.1 Å². The second-order valence-corrected chi connectivity index (χ2v) is 3.26. The fourth-order valence-electron chi connectivity index (χ4n) is 1.11. The van der Waals surface area contributed by atoms with Crippen LogP contribution in [0.4, 0.5) is 0 Å². The Bertz CT molecular complexity index is 282. The summed E-state index contributed by atoms with van der Waals surface area (Å²) in [5.74, 6) is 0.595. The number of carbonyl (C=O) groups excluding carboxylic acids is 1. The molecule has 78 valence electrons. The van der Waals surface area contributed by atoms with Gasteiger partial charge in [-0.1, -0.05) is 6.92 Å². The minimum absolute atomic E-state index is 0.130. The molecule has 0 aliphatic heterocycles. The Labute approximate surface area is 83.5 Å². The number of hydrogen-bond acceptors (Lipinski definition) is 3. The van der Waals surface area contributed by atoms with Gasteiger partial charge in [-0.3, -0.25) is 4.79 Å². The van der Waals surface area contributed by atoms with Gasteiger partial charge in [0.15, 0.2) is 0 Å². The zero-order chi connectivity index (χ0) is 10.6. The fourth-order valence-corrected chi connectivity index (χ4v) is 1.11. The summed E-state index contributed by atoms with van der Waals surface area (Å²) in [6.45, 7) is 3.74. The number of amides is 1. The minimum atomic E-state index is -0.438. The number of nitrogens with two attached hydrogens (primary N) is 1. The first-order valence-corrected chi connectivity index (χ1v) is 4.74. The van der Waals surface area contributed by atoms with E-state index in [-0.39, 0.29) is 11.9 Å². The molecule has 0 aliphatic carbocycles. The SMILES string of the molecule is CCC(N)C(=O)N[C@H](C)c1ccco1. The van der Waals surface area contributed by atoms with E-state index >= 15 is 0 Å². The summed E-state index contributed by atoms with van der Waals surface area (Å²) in [5.41, 5.74) is 5.58. The van der Waals surface area contributed by atoms with Crippen molar-refractivity contribution >= 4 is 5.91 Å². The molecular formula is C10H16N2O2. The molecule has 1 rings (SSSR count). The zero-order valence-electron chi connectivity index (χ0n) is 8.49. The molecule has 0 saturated heterocycles. The third-order valence-corrected chi connectivity index (χ3v) is 2.11. The Morgan fingerprint density at radius 3 is 2.93 bits per heavy atom. The first-order valence-electron chi connectivity index (χ1n) is 4.74. The molecule has 0 aromatic carbocycles. The summed E-state index contributed by atoms with van der Waals surface area (Å²) in [6, 6.07) is 3.04. The van der Waals surface area contributed by atoms with Crippen molar-refractivity contribution in [3.8, 4) is 0 Å². The third kappa shape index (κ3) is 2.60. The van der Waals surface area contributed by atoms with E-state index in [1.807, 2.05) is 19.9 Å². The fraction of sp³-hybridized carbons (Fsp3) is 0.500. The van der Waals surface area contributed by atoms with E-state index in [9.17, 15) is 4.79 Å². The number of nitrogens with one attached hydrogen (secondary N) is 1. The normalized spacial score (nSPS) is 14.8. The predicted octanol–water partition coefficient (Wildman–Crippen LogP) is 1.19. The monoisotopic (exact) mass is 196 g/mol. The standard InChI is InChI=1S/C10H16N2O2/c1-3-8(11)10(13)12-7(2)9-5-4-6-14-9/h4-8H,3,11H2,1-2H3,(H,12,13)/t7-,8?/m1/s1. The molecule has 0 radical (unpaired) electrons. The maximum absolute atomic E-state index is 11.4. The van der Waals surface area contributed by atoms with Gasteiger partial charge in [-0.2, -0.15) is 0 Å². The summed E-state index contributed by atoms with van der Waals surface area (Å²) in [6.07, 6.45) is 2.22. The average molecular weight is 196 g/mol. The lowest BCUT2D eigenvalue weighted by Crippen LogP contribution is -2.41. The Hall–Kier alpha value is -1.29. The van der Waals surface area contributed by atoms with E-state index in [0.29, 0.717) is 6.42 Å².